The first-order valence-corrected chi connectivity index (χ1v) is 6.50. The van der Waals surface area contributed by atoms with Crippen molar-refractivity contribution in [1.82, 2.24) is 10.1 Å². The first kappa shape index (κ1) is 13.2. The van der Waals surface area contributed by atoms with Crippen molar-refractivity contribution in [3.05, 3.63) is 41.3 Å². The van der Waals surface area contributed by atoms with Gasteiger partial charge in [-0.15, -0.1) is 0 Å². The number of H-pyrrole nitrogens is 1. The van der Waals surface area contributed by atoms with Gasteiger partial charge in [-0.05, 0) is 19.9 Å². The molecule has 21 heavy (non-hydrogen) atoms. The summed E-state index contributed by atoms with van der Waals surface area (Å²) in [6.07, 6.45) is 0. The van der Waals surface area contributed by atoms with Gasteiger partial charge in [-0.1, -0.05) is 17.3 Å². The van der Waals surface area contributed by atoms with E-state index in [0.717, 1.165) is 16.6 Å². The van der Waals surface area contributed by atoms with Crippen LogP contribution in [0, 0.1) is 13.8 Å². The zero-order valence-electron chi connectivity index (χ0n) is 12.0. The Balaban J connectivity index is 2.03. The Morgan fingerprint density at radius 3 is 2.86 bits per heavy atom. The van der Waals surface area contributed by atoms with Crippen molar-refractivity contribution >= 4 is 22.6 Å². The van der Waals surface area contributed by atoms with Crippen LogP contribution in [0.1, 0.15) is 21.8 Å². The van der Waals surface area contributed by atoms with Crippen LogP contribution in [-0.2, 0) is 0 Å². The van der Waals surface area contributed by atoms with E-state index in [0.29, 0.717) is 22.9 Å². The second-order valence-corrected chi connectivity index (χ2v) is 4.78. The molecule has 0 unspecified atom stereocenters. The number of aromatic amines is 1. The van der Waals surface area contributed by atoms with Crippen molar-refractivity contribution in [2.45, 2.75) is 13.8 Å². The number of hydrogen-bond acceptors (Lipinski definition) is 4. The molecule has 2 N–H and O–H groups in total. The van der Waals surface area contributed by atoms with Gasteiger partial charge in [0.2, 0.25) is 0 Å². The van der Waals surface area contributed by atoms with Gasteiger partial charge in [0.05, 0.1) is 18.2 Å². The molecule has 0 spiro atoms. The highest BCUT2D eigenvalue weighted by molar-refractivity contribution is 6.14. The predicted octanol–water partition coefficient (Wildman–Crippen LogP) is 3.03. The lowest BCUT2D eigenvalue weighted by molar-refractivity contribution is 0.102. The molecule has 0 aliphatic carbocycles. The number of nitrogens with one attached hydrogen (secondary N) is 2. The molecule has 6 nitrogen and oxygen atoms in total. The summed E-state index contributed by atoms with van der Waals surface area (Å²) >= 11 is 0. The van der Waals surface area contributed by atoms with Gasteiger partial charge in [0.15, 0.2) is 5.82 Å². The number of rotatable bonds is 3. The number of fused-ring (bicyclic) bond motifs is 1. The molecule has 0 atom stereocenters. The van der Waals surface area contributed by atoms with Crippen LogP contribution in [0.15, 0.2) is 28.8 Å². The lowest BCUT2D eigenvalue weighted by Gasteiger charge is -2.03. The van der Waals surface area contributed by atoms with E-state index in [1.165, 1.54) is 0 Å². The predicted molar refractivity (Wildman–Crippen MR) is 78.8 cm³/mol. The van der Waals surface area contributed by atoms with E-state index in [-0.39, 0.29) is 5.91 Å². The van der Waals surface area contributed by atoms with E-state index in [2.05, 4.69) is 15.5 Å². The molecule has 0 fully saturated rings. The third-order valence-electron chi connectivity index (χ3n) is 3.30. The normalized spacial score (nSPS) is 10.8. The van der Waals surface area contributed by atoms with E-state index in [4.69, 9.17) is 9.26 Å². The maximum Gasteiger partial charge on any atom is 0.259 e. The third kappa shape index (κ3) is 2.24. The van der Waals surface area contributed by atoms with Crippen molar-refractivity contribution in [3.8, 4) is 5.75 Å². The minimum Gasteiger partial charge on any atom is -0.495 e. The van der Waals surface area contributed by atoms with Gasteiger partial charge in [-0.2, -0.15) is 0 Å². The first-order chi connectivity index (χ1) is 10.1. The molecule has 0 bridgehead atoms. The van der Waals surface area contributed by atoms with Gasteiger partial charge in [0.25, 0.3) is 5.91 Å². The summed E-state index contributed by atoms with van der Waals surface area (Å²) in [7, 11) is 1.60. The molecule has 108 valence electrons. The molecule has 3 aromatic rings. The van der Waals surface area contributed by atoms with Gasteiger partial charge in [-0.3, -0.25) is 4.79 Å². The number of amides is 1. The lowest BCUT2D eigenvalue weighted by atomic mass is 10.1. The SMILES string of the molecule is COc1cccc2c(C(=O)Nc3cc(C)on3)c(C)[nH]c12. The molecule has 2 aromatic heterocycles. The second kappa shape index (κ2) is 4.97. The van der Waals surface area contributed by atoms with Gasteiger partial charge in [-0.25, -0.2) is 0 Å². The maximum absolute atomic E-state index is 12.5. The number of benzene rings is 1. The topological polar surface area (TPSA) is 80.2 Å². The first-order valence-electron chi connectivity index (χ1n) is 6.50. The van der Waals surface area contributed by atoms with Gasteiger partial charge < -0.3 is 19.6 Å². The number of nitrogens with zero attached hydrogens (tertiary/aromatic N) is 1. The smallest absolute Gasteiger partial charge is 0.259 e. The Kier molecular flexibility index (Phi) is 3.13. The summed E-state index contributed by atoms with van der Waals surface area (Å²) in [6.45, 7) is 3.62. The largest absolute Gasteiger partial charge is 0.495 e. The fraction of sp³-hybridized carbons (Fsp3) is 0.200. The number of methoxy groups -OCH3 is 1. The quantitative estimate of drug-likeness (QED) is 0.775. The standard InChI is InChI=1S/C15H15N3O3/c1-8-7-12(18-21-8)17-15(19)13-9(2)16-14-10(13)5-4-6-11(14)20-3/h4-7,16H,1-3H3,(H,17,18,19). The molecule has 0 aliphatic rings. The molecular weight excluding hydrogens is 270 g/mol. The second-order valence-electron chi connectivity index (χ2n) is 4.78. The van der Waals surface area contributed by atoms with Crippen LogP contribution in [-0.4, -0.2) is 23.2 Å². The fourth-order valence-electron chi connectivity index (χ4n) is 2.39. The van der Waals surface area contributed by atoms with Crippen molar-refractivity contribution in [3.63, 3.8) is 0 Å². The number of hydrogen-bond donors (Lipinski definition) is 2. The summed E-state index contributed by atoms with van der Waals surface area (Å²) in [5, 5.41) is 7.31. The molecule has 0 saturated heterocycles. The molecule has 6 heteroatoms. The van der Waals surface area contributed by atoms with Crippen LogP contribution in [0.25, 0.3) is 10.9 Å². The van der Waals surface area contributed by atoms with Gasteiger partial charge >= 0.3 is 0 Å². The molecule has 3 rings (SSSR count). The zero-order valence-corrected chi connectivity index (χ0v) is 12.0. The van der Waals surface area contributed by atoms with Crippen molar-refractivity contribution in [2.75, 3.05) is 12.4 Å². The summed E-state index contributed by atoms with van der Waals surface area (Å²) in [6, 6.07) is 7.25. The van der Waals surface area contributed by atoms with E-state index in [9.17, 15) is 4.79 Å². The number of carbonyl (C=O) groups excluding carboxylic acids is 1. The van der Waals surface area contributed by atoms with Crippen LogP contribution >= 0.6 is 0 Å². The third-order valence-corrected chi connectivity index (χ3v) is 3.30. The van der Waals surface area contributed by atoms with Crippen LogP contribution < -0.4 is 10.1 Å². The maximum atomic E-state index is 12.5. The number of aryl methyl sites for hydroxylation is 2. The zero-order chi connectivity index (χ0) is 15.0. The van der Waals surface area contributed by atoms with Gasteiger partial charge in [0, 0.05) is 17.1 Å². The fourth-order valence-corrected chi connectivity index (χ4v) is 2.39. The Labute approximate surface area is 121 Å². The number of para-hydroxylation sites is 1. The summed E-state index contributed by atoms with van der Waals surface area (Å²) in [5.74, 6) is 1.50. The van der Waals surface area contributed by atoms with Crippen LogP contribution in [0.3, 0.4) is 0 Å². The summed E-state index contributed by atoms with van der Waals surface area (Å²) in [4.78, 5) is 15.7. The monoisotopic (exact) mass is 285 g/mol. The summed E-state index contributed by atoms with van der Waals surface area (Å²) < 4.78 is 10.3. The van der Waals surface area contributed by atoms with Crippen LogP contribution in [0.2, 0.25) is 0 Å². The number of carbonyl (C=O) groups is 1. The minimum atomic E-state index is -0.236. The minimum absolute atomic E-state index is 0.236. The number of ether oxygens (including phenoxy) is 1. The Morgan fingerprint density at radius 2 is 2.19 bits per heavy atom. The van der Waals surface area contributed by atoms with E-state index in [1.807, 2.05) is 25.1 Å². The van der Waals surface area contributed by atoms with E-state index >= 15 is 0 Å². The summed E-state index contributed by atoms with van der Waals surface area (Å²) in [5.41, 5.74) is 2.15. The highest BCUT2D eigenvalue weighted by atomic mass is 16.5. The molecular formula is C15H15N3O3. The highest BCUT2D eigenvalue weighted by Gasteiger charge is 2.19. The van der Waals surface area contributed by atoms with Crippen molar-refractivity contribution in [1.29, 1.82) is 0 Å². The van der Waals surface area contributed by atoms with Crippen LogP contribution in [0.4, 0.5) is 5.82 Å². The van der Waals surface area contributed by atoms with Crippen molar-refractivity contribution < 1.29 is 14.1 Å². The molecule has 0 aliphatic heterocycles. The molecule has 1 amide bonds. The highest BCUT2D eigenvalue weighted by Crippen LogP contribution is 2.29. The average molecular weight is 285 g/mol. The van der Waals surface area contributed by atoms with Crippen molar-refractivity contribution in [2.24, 2.45) is 0 Å². The lowest BCUT2D eigenvalue weighted by Crippen LogP contribution is -2.12. The van der Waals surface area contributed by atoms with Gasteiger partial charge in [0.1, 0.15) is 11.5 Å². The molecule has 0 radical (unpaired) electrons. The van der Waals surface area contributed by atoms with E-state index < -0.39 is 0 Å². The number of anilines is 1. The molecule has 1 aromatic carbocycles. The number of aromatic nitrogens is 2. The Bertz CT molecular complexity index is 817. The molecule has 2 heterocycles. The Hall–Kier alpha value is -2.76. The molecule has 0 saturated carbocycles. The van der Waals surface area contributed by atoms with E-state index in [1.54, 1.807) is 20.1 Å². The Morgan fingerprint density at radius 1 is 1.38 bits per heavy atom. The average Bonchev–Trinajstić information content (AvgIpc) is 3.00. The van der Waals surface area contributed by atoms with Crippen LogP contribution in [0.5, 0.6) is 5.75 Å².